The molecule has 0 aliphatic heterocycles. The fraction of sp³-hybridized carbons (Fsp3) is 0.176. The van der Waals surface area contributed by atoms with Gasteiger partial charge in [-0.1, -0.05) is 12.1 Å². The van der Waals surface area contributed by atoms with Crippen LogP contribution >= 0.6 is 0 Å². The van der Waals surface area contributed by atoms with Crippen molar-refractivity contribution in [2.75, 3.05) is 5.32 Å². The normalized spacial score (nSPS) is 11.3. The fourth-order valence-electron chi connectivity index (χ4n) is 2.58. The van der Waals surface area contributed by atoms with Gasteiger partial charge in [0, 0.05) is 24.3 Å². The lowest BCUT2D eigenvalue weighted by atomic mass is 10.1. The summed E-state index contributed by atoms with van der Waals surface area (Å²) in [6.45, 7) is -2.95. The van der Waals surface area contributed by atoms with Gasteiger partial charge in [-0.15, -0.1) is 0 Å². The van der Waals surface area contributed by atoms with E-state index in [1.807, 2.05) is 0 Å². The van der Waals surface area contributed by atoms with Crippen LogP contribution in [0, 0.1) is 0 Å². The zero-order valence-electron chi connectivity index (χ0n) is 13.4. The first-order valence-corrected chi connectivity index (χ1v) is 7.46. The van der Waals surface area contributed by atoms with Gasteiger partial charge in [0.25, 0.3) is 12.3 Å². The van der Waals surface area contributed by atoms with Crippen LogP contribution in [-0.2, 0) is 7.05 Å². The van der Waals surface area contributed by atoms with Gasteiger partial charge in [0.1, 0.15) is 11.4 Å². The summed E-state index contributed by atoms with van der Waals surface area (Å²) < 4.78 is 56.1. The standard InChI is InChI=1S/C17H13F4N3O2/c1-24-8-12(14(23-24)15(18)19)16(25)22-13-4-2-3-9-7-10(26-17(20)21)5-6-11(9)13/h2-8,15,17H,1H3,(H,22,25). The molecule has 0 atom stereocenters. The molecule has 5 nitrogen and oxygen atoms in total. The van der Waals surface area contributed by atoms with Gasteiger partial charge < -0.3 is 10.1 Å². The van der Waals surface area contributed by atoms with Crippen molar-refractivity contribution in [3.05, 3.63) is 53.9 Å². The van der Waals surface area contributed by atoms with Crippen molar-refractivity contribution in [3.63, 3.8) is 0 Å². The molecule has 9 heteroatoms. The van der Waals surface area contributed by atoms with Crippen molar-refractivity contribution in [2.24, 2.45) is 7.05 Å². The fourth-order valence-corrected chi connectivity index (χ4v) is 2.58. The minimum absolute atomic E-state index is 0.0248. The van der Waals surface area contributed by atoms with E-state index in [-0.39, 0.29) is 11.3 Å². The highest BCUT2D eigenvalue weighted by Crippen LogP contribution is 2.29. The molecule has 1 aromatic heterocycles. The van der Waals surface area contributed by atoms with E-state index in [0.29, 0.717) is 16.5 Å². The zero-order valence-corrected chi connectivity index (χ0v) is 13.4. The van der Waals surface area contributed by atoms with Gasteiger partial charge >= 0.3 is 6.61 Å². The van der Waals surface area contributed by atoms with Crippen LogP contribution < -0.4 is 10.1 Å². The van der Waals surface area contributed by atoms with Crippen LogP contribution in [0.1, 0.15) is 22.5 Å². The van der Waals surface area contributed by atoms with Crippen LogP contribution in [0.3, 0.4) is 0 Å². The van der Waals surface area contributed by atoms with E-state index in [4.69, 9.17) is 0 Å². The number of fused-ring (bicyclic) bond motifs is 1. The number of nitrogens with zero attached hydrogens (tertiary/aromatic N) is 2. The van der Waals surface area contributed by atoms with E-state index in [0.717, 1.165) is 4.68 Å². The Morgan fingerprint density at radius 1 is 1.19 bits per heavy atom. The predicted molar refractivity (Wildman–Crippen MR) is 86.7 cm³/mol. The molecule has 0 bridgehead atoms. The molecule has 0 radical (unpaired) electrons. The monoisotopic (exact) mass is 367 g/mol. The first-order chi connectivity index (χ1) is 12.3. The summed E-state index contributed by atoms with van der Waals surface area (Å²) in [5.41, 5.74) is -0.504. The number of hydrogen-bond donors (Lipinski definition) is 1. The summed E-state index contributed by atoms with van der Waals surface area (Å²) in [6.07, 6.45) is -1.69. The maximum Gasteiger partial charge on any atom is 0.387 e. The molecule has 1 heterocycles. The number of aryl methyl sites for hydroxylation is 1. The lowest BCUT2D eigenvalue weighted by Crippen LogP contribution is -2.13. The summed E-state index contributed by atoms with van der Waals surface area (Å²) >= 11 is 0. The summed E-state index contributed by atoms with van der Waals surface area (Å²) in [5, 5.41) is 7.24. The smallest absolute Gasteiger partial charge is 0.387 e. The van der Waals surface area contributed by atoms with Gasteiger partial charge in [-0.3, -0.25) is 9.48 Å². The molecule has 0 unspecified atom stereocenters. The number of halogens is 4. The molecule has 0 saturated carbocycles. The van der Waals surface area contributed by atoms with E-state index >= 15 is 0 Å². The van der Waals surface area contributed by atoms with Gasteiger partial charge in [-0.2, -0.15) is 13.9 Å². The molecule has 0 spiro atoms. The summed E-state index contributed by atoms with van der Waals surface area (Å²) in [4.78, 5) is 12.4. The average Bonchev–Trinajstić information content (AvgIpc) is 2.96. The second kappa shape index (κ2) is 7.03. The van der Waals surface area contributed by atoms with Crippen LogP contribution in [0.4, 0.5) is 23.2 Å². The third-order valence-electron chi connectivity index (χ3n) is 3.63. The van der Waals surface area contributed by atoms with Gasteiger partial charge in [-0.05, 0) is 29.7 Å². The van der Waals surface area contributed by atoms with Crippen LogP contribution in [0.2, 0.25) is 0 Å². The molecule has 0 aliphatic rings. The maximum atomic E-state index is 13.0. The highest BCUT2D eigenvalue weighted by atomic mass is 19.3. The number of carbonyl (C=O) groups excluding carboxylic acids is 1. The van der Waals surface area contributed by atoms with Crippen molar-refractivity contribution >= 4 is 22.4 Å². The van der Waals surface area contributed by atoms with Crippen molar-refractivity contribution in [2.45, 2.75) is 13.0 Å². The minimum atomic E-state index is -2.95. The summed E-state index contributed by atoms with van der Waals surface area (Å²) in [6, 6.07) is 9.05. The molecular formula is C17H13F4N3O2. The number of amides is 1. The number of hydrogen-bond acceptors (Lipinski definition) is 3. The number of benzene rings is 2. The topological polar surface area (TPSA) is 56.2 Å². The second-order valence-corrected chi connectivity index (χ2v) is 5.42. The van der Waals surface area contributed by atoms with E-state index in [1.54, 1.807) is 18.2 Å². The summed E-state index contributed by atoms with van der Waals surface area (Å²) in [5.74, 6) is -0.767. The van der Waals surface area contributed by atoms with E-state index < -0.39 is 24.6 Å². The molecule has 26 heavy (non-hydrogen) atoms. The van der Waals surface area contributed by atoms with Gasteiger partial charge in [0.2, 0.25) is 0 Å². The number of rotatable bonds is 5. The Morgan fingerprint density at radius 2 is 1.96 bits per heavy atom. The van der Waals surface area contributed by atoms with Gasteiger partial charge in [0.15, 0.2) is 0 Å². The molecule has 2 aromatic carbocycles. The molecule has 1 N–H and O–H groups in total. The number of anilines is 1. The minimum Gasteiger partial charge on any atom is -0.435 e. The number of aromatic nitrogens is 2. The Labute approximate surface area is 145 Å². The Kier molecular flexibility index (Phi) is 4.79. The highest BCUT2D eigenvalue weighted by Gasteiger charge is 2.23. The van der Waals surface area contributed by atoms with E-state index in [1.165, 1.54) is 31.4 Å². The Morgan fingerprint density at radius 3 is 2.65 bits per heavy atom. The van der Waals surface area contributed by atoms with E-state index in [2.05, 4.69) is 15.2 Å². The molecule has 1 amide bonds. The molecule has 0 aliphatic carbocycles. The maximum absolute atomic E-state index is 13.0. The molecule has 3 aromatic rings. The molecule has 136 valence electrons. The molecule has 0 fully saturated rings. The largest absolute Gasteiger partial charge is 0.435 e. The van der Waals surface area contributed by atoms with E-state index in [9.17, 15) is 22.4 Å². The van der Waals surface area contributed by atoms with Crippen molar-refractivity contribution in [1.82, 2.24) is 9.78 Å². The number of alkyl halides is 4. The Bertz CT molecular complexity index is 956. The summed E-state index contributed by atoms with van der Waals surface area (Å²) in [7, 11) is 1.44. The zero-order chi connectivity index (χ0) is 18.8. The third-order valence-corrected chi connectivity index (χ3v) is 3.63. The van der Waals surface area contributed by atoms with Crippen LogP contribution in [-0.4, -0.2) is 22.3 Å². The molecule has 0 saturated heterocycles. The average molecular weight is 367 g/mol. The Hall–Kier alpha value is -3.10. The van der Waals surface area contributed by atoms with Crippen molar-refractivity contribution in [3.8, 4) is 5.75 Å². The number of ether oxygens (including phenoxy) is 1. The first-order valence-electron chi connectivity index (χ1n) is 7.46. The number of carbonyl (C=O) groups is 1. The number of nitrogens with one attached hydrogen (secondary N) is 1. The highest BCUT2D eigenvalue weighted by molar-refractivity contribution is 6.09. The lowest BCUT2D eigenvalue weighted by Gasteiger charge is -2.10. The van der Waals surface area contributed by atoms with Crippen LogP contribution in [0.15, 0.2) is 42.6 Å². The Balaban J connectivity index is 1.92. The first kappa shape index (κ1) is 17.7. The van der Waals surface area contributed by atoms with Gasteiger partial charge in [-0.25, -0.2) is 8.78 Å². The van der Waals surface area contributed by atoms with Crippen LogP contribution in [0.25, 0.3) is 10.8 Å². The second-order valence-electron chi connectivity index (χ2n) is 5.42. The van der Waals surface area contributed by atoms with Crippen molar-refractivity contribution < 1.29 is 27.1 Å². The third kappa shape index (κ3) is 3.61. The van der Waals surface area contributed by atoms with Crippen molar-refractivity contribution in [1.29, 1.82) is 0 Å². The van der Waals surface area contributed by atoms with Gasteiger partial charge in [0.05, 0.1) is 5.56 Å². The quantitative estimate of drug-likeness (QED) is 0.682. The molecule has 3 rings (SSSR count). The lowest BCUT2D eigenvalue weighted by molar-refractivity contribution is -0.0497. The van der Waals surface area contributed by atoms with Crippen LogP contribution in [0.5, 0.6) is 5.75 Å². The predicted octanol–water partition coefficient (Wildman–Crippen LogP) is 4.36. The SMILES string of the molecule is Cn1cc(C(=O)Nc2cccc3cc(OC(F)F)ccc23)c(C(F)F)n1. The molecular weight excluding hydrogens is 354 g/mol.